The van der Waals surface area contributed by atoms with Crippen LogP contribution in [0.15, 0.2) is 24.3 Å². The number of hydrogen-bond donors (Lipinski definition) is 1. The minimum atomic E-state index is 0. The van der Waals surface area contributed by atoms with Crippen molar-refractivity contribution >= 4 is 18.1 Å². The summed E-state index contributed by atoms with van der Waals surface area (Å²) >= 11 is 0. The summed E-state index contributed by atoms with van der Waals surface area (Å²) in [7, 11) is 0. The number of aryl methyl sites for hydroxylation is 1. The maximum Gasteiger partial charge on any atom is 0.0314 e. The average Bonchev–Trinajstić information content (AvgIpc) is 2.87. The van der Waals surface area contributed by atoms with Crippen molar-refractivity contribution in [1.82, 2.24) is 0 Å². The minimum Gasteiger partial charge on any atom is -0.399 e. The van der Waals surface area contributed by atoms with Gasteiger partial charge in [-0.3, -0.25) is 0 Å². The molecule has 1 aromatic carbocycles. The Labute approximate surface area is 85.7 Å². The molecule has 72 valence electrons. The topological polar surface area (TPSA) is 26.0 Å². The molecule has 1 fully saturated rings. The summed E-state index contributed by atoms with van der Waals surface area (Å²) in [6.07, 6.45) is 5.50. The van der Waals surface area contributed by atoms with E-state index in [2.05, 4.69) is 12.1 Å². The van der Waals surface area contributed by atoms with Gasteiger partial charge >= 0.3 is 0 Å². The molecule has 0 unspecified atom stereocenters. The maximum absolute atomic E-state index is 5.59. The predicted molar refractivity (Wildman–Crippen MR) is 59.1 cm³/mol. The van der Waals surface area contributed by atoms with Crippen LogP contribution in [-0.4, -0.2) is 0 Å². The van der Waals surface area contributed by atoms with Crippen molar-refractivity contribution in [3.05, 3.63) is 29.8 Å². The summed E-state index contributed by atoms with van der Waals surface area (Å²) in [6.45, 7) is 0. The number of benzene rings is 1. The molecular weight excluding hydrogens is 182 g/mol. The summed E-state index contributed by atoms with van der Waals surface area (Å²) in [4.78, 5) is 0. The van der Waals surface area contributed by atoms with Crippen LogP contribution in [0.5, 0.6) is 0 Å². The van der Waals surface area contributed by atoms with Gasteiger partial charge in [-0.05, 0) is 36.5 Å². The zero-order valence-electron chi connectivity index (χ0n) is 7.70. The molecular formula is C11H16ClN. The maximum atomic E-state index is 5.59. The van der Waals surface area contributed by atoms with E-state index in [1.54, 1.807) is 0 Å². The zero-order valence-corrected chi connectivity index (χ0v) is 8.52. The van der Waals surface area contributed by atoms with Gasteiger partial charge in [0.1, 0.15) is 0 Å². The van der Waals surface area contributed by atoms with Gasteiger partial charge in [0.25, 0.3) is 0 Å². The van der Waals surface area contributed by atoms with Crippen LogP contribution >= 0.6 is 12.4 Å². The third kappa shape index (κ3) is 3.27. The average molecular weight is 198 g/mol. The van der Waals surface area contributed by atoms with Crippen LogP contribution in [0, 0.1) is 5.92 Å². The molecule has 1 aromatic rings. The molecule has 2 rings (SSSR count). The molecule has 0 bridgehead atoms. The highest BCUT2D eigenvalue weighted by molar-refractivity contribution is 5.85. The lowest BCUT2D eigenvalue weighted by molar-refractivity contribution is 0.727. The molecule has 0 heterocycles. The van der Waals surface area contributed by atoms with Gasteiger partial charge in [-0.25, -0.2) is 0 Å². The second kappa shape index (κ2) is 4.52. The molecule has 0 amide bonds. The first-order valence-electron chi connectivity index (χ1n) is 4.69. The summed E-state index contributed by atoms with van der Waals surface area (Å²) in [5.74, 6) is 1.03. The molecule has 0 spiro atoms. The van der Waals surface area contributed by atoms with E-state index in [1.807, 2.05) is 12.1 Å². The third-order valence-corrected chi connectivity index (χ3v) is 2.52. The molecule has 0 aliphatic heterocycles. The fraction of sp³-hybridized carbons (Fsp3) is 0.455. The standard InChI is InChI=1S/C11H15N.ClH/c12-11-7-5-10(6-8-11)4-3-9-1-2-9;/h5-9H,1-4,12H2;1H. The Morgan fingerprint density at radius 3 is 2.31 bits per heavy atom. The highest BCUT2D eigenvalue weighted by Gasteiger charge is 2.20. The van der Waals surface area contributed by atoms with Crippen molar-refractivity contribution in [1.29, 1.82) is 0 Å². The Balaban J connectivity index is 0.000000845. The van der Waals surface area contributed by atoms with Crippen LogP contribution in [0.2, 0.25) is 0 Å². The Kier molecular flexibility index (Phi) is 3.61. The van der Waals surface area contributed by atoms with Crippen LogP contribution < -0.4 is 5.73 Å². The number of nitrogen functional groups attached to an aromatic ring is 1. The van der Waals surface area contributed by atoms with Crippen molar-refractivity contribution in [2.75, 3.05) is 5.73 Å². The lowest BCUT2D eigenvalue weighted by atomic mass is 10.1. The fourth-order valence-electron chi connectivity index (χ4n) is 1.46. The molecule has 2 N–H and O–H groups in total. The van der Waals surface area contributed by atoms with Crippen molar-refractivity contribution in [2.45, 2.75) is 25.7 Å². The molecule has 0 atom stereocenters. The first-order valence-corrected chi connectivity index (χ1v) is 4.69. The molecule has 1 aliphatic rings. The van der Waals surface area contributed by atoms with Gasteiger partial charge in [0.15, 0.2) is 0 Å². The van der Waals surface area contributed by atoms with E-state index in [0.717, 1.165) is 11.6 Å². The largest absolute Gasteiger partial charge is 0.399 e. The number of nitrogens with two attached hydrogens (primary N) is 1. The van der Waals surface area contributed by atoms with E-state index >= 15 is 0 Å². The quantitative estimate of drug-likeness (QED) is 0.741. The van der Waals surface area contributed by atoms with Gasteiger partial charge in [0.05, 0.1) is 0 Å². The monoisotopic (exact) mass is 197 g/mol. The van der Waals surface area contributed by atoms with Gasteiger partial charge in [0.2, 0.25) is 0 Å². The second-order valence-electron chi connectivity index (χ2n) is 3.72. The highest BCUT2D eigenvalue weighted by Crippen LogP contribution is 2.33. The zero-order chi connectivity index (χ0) is 8.39. The van der Waals surface area contributed by atoms with Gasteiger partial charge < -0.3 is 5.73 Å². The second-order valence-corrected chi connectivity index (χ2v) is 3.72. The first-order chi connectivity index (χ1) is 5.84. The van der Waals surface area contributed by atoms with Gasteiger partial charge in [-0.1, -0.05) is 25.0 Å². The lowest BCUT2D eigenvalue weighted by Crippen LogP contribution is -1.88. The number of halogens is 1. The fourth-order valence-corrected chi connectivity index (χ4v) is 1.46. The van der Waals surface area contributed by atoms with E-state index in [4.69, 9.17) is 5.73 Å². The number of rotatable bonds is 3. The Hall–Kier alpha value is -0.690. The Morgan fingerprint density at radius 2 is 1.77 bits per heavy atom. The predicted octanol–water partition coefficient (Wildman–Crippen LogP) is 3.03. The van der Waals surface area contributed by atoms with Crippen molar-refractivity contribution in [2.24, 2.45) is 5.92 Å². The van der Waals surface area contributed by atoms with Crippen LogP contribution in [0.25, 0.3) is 0 Å². The molecule has 13 heavy (non-hydrogen) atoms. The van der Waals surface area contributed by atoms with E-state index in [-0.39, 0.29) is 12.4 Å². The normalized spacial score (nSPS) is 15.1. The summed E-state index contributed by atoms with van der Waals surface area (Å²) in [5, 5.41) is 0. The van der Waals surface area contributed by atoms with E-state index < -0.39 is 0 Å². The SMILES string of the molecule is Cl.Nc1ccc(CCC2CC2)cc1. The van der Waals surface area contributed by atoms with E-state index in [9.17, 15) is 0 Å². The van der Waals surface area contributed by atoms with E-state index in [0.29, 0.717) is 0 Å². The lowest BCUT2D eigenvalue weighted by Gasteiger charge is -1.99. The molecule has 0 radical (unpaired) electrons. The van der Waals surface area contributed by atoms with E-state index in [1.165, 1.54) is 31.2 Å². The van der Waals surface area contributed by atoms with Gasteiger partial charge in [0, 0.05) is 5.69 Å². The van der Waals surface area contributed by atoms with Crippen LogP contribution in [-0.2, 0) is 6.42 Å². The van der Waals surface area contributed by atoms with Crippen LogP contribution in [0.4, 0.5) is 5.69 Å². The van der Waals surface area contributed by atoms with Gasteiger partial charge in [-0.15, -0.1) is 12.4 Å². The Morgan fingerprint density at radius 1 is 1.15 bits per heavy atom. The molecule has 1 saturated carbocycles. The summed E-state index contributed by atoms with van der Waals surface area (Å²) in [5.41, 5.74) is 7.89. The summed E-state index contributed by atoms with van der Waals surface area (Å²) in [6, 6.07) is 8.25. The van der Waals surface area contributed by atoms with Crippen molar-refractivity contribution in [3.8, 4) is 0 Å². The molecule has 1 aliphatic carbocycles. The third-order valence-electron chi connectivity index (χ3n) is 2.52. The minimum absolute atomic E-state index is 0. The molecule has 0 aromatic heterocycles. The van der Waals surface area contributed by atoms with Crippen molar-refractivity contribution in [3.63, 3.8) is 0 Å². The Bertz CT molecular complexity index is 251. The van der Waals surface area contributed by atoms with Crippen molar-refractivity contribution < 1.29 is 0 Å². The van der Waals surface area contributed by atoms with Gasteiger partial charge in [-0.2, -0.15) is 0 Å². The van der Waals surface area contributed by atoms with Crippen LogP contribution in [0.3, 0.4) is 0 Å². The molecule has 1 nitrogen and oxygen atoms in total. The first kappa shape index (κ1) is 10.4. The van der Waals surface area contributed by atoms with Crippen LogP contribution in [0.1, 0.15) is 24.8 Å². The molecule has 2 heteroatoms. The summed E-state index contributed by atoms with van der Waals surface area (Å²) < 4.78 is 0. The molecule has 0 saturated heterocycles. The number of anilines is 1. The number of hydrogen-bond acceptors (Lipinski definition) is 1. The highest BCUT2D eigenvalue weighted by atomic mass is 35.5. The smallest absolute Gasteiger partial charge is 0.0314 e.